The zero-order valence-corrected chi connectivity index (χ0v) is 11.4. The van der Waals surface area contributed by atoms with Crippen LogP contribution < -0.4 is 5.73 Å². The molecule has 0 bridgehead atoms. The number of para-hydroxylation sites is 1. The Balaban J connectivity index is 2.07. The second kappa shape index (κ2) is 4.76. The fourth-order valence-corrected chi connectivity index (χ4v) is 2.44. The van der Waals surface area contributed by atoms with Gasteiger partial charge in [0.25, 0.3) is 0 Å². The second-order valence-corrected chi connectivity index (χ2v) is 4.84. The van der Waals surface area contributed by atoms with Gasteiger partial charge in [-0.25, -0.2) is 4.39 Å². The van der Waals surface area contributed by atoms with Crippen molar-refractivity contribution < 1.29 is 8.81 Å². The maximum absolute atomic E-state index is 13.7. The van der Waals surface area contributed by atoms with Gasteiger partial charge >= 0.3 is 0 Å². The van der Waals surface area contributed by atoms with Crippen LogP contribution in [-0.2, 0) is 13.5 Å². The molecule has 3 aromatic rings. The third kappa shape index (κ3) is 2.00. The van der Waals surface area contributed by atoms with Crippen molar-refractivity contribution in [2.24, 2.45) is 12.8 Å². The van der Waals surface area contributed by atoms with Crippen LogP contribution in [0.4, 0.5) is 4.39 Å². The van der Waals surface area contributed by atoms with Gasteiger partial charge in [-0.1, -0.05) is 19.1 Å². The minimum atomic E-state index is -0.439. The monoisotopic (exact) mass is 273 g/mol. The van der Waals surface area contributed by atoms with Crippen molar-refractivity contribution in [3.05, 3.63) is 53.3 Å². The highest BCUT2D eigenvalue weighted by atomic mass is 19.1. The number of halogens is 1. The van der Waals surface area contributed by atoms with E-state index < -0.39 is 6.04 Å². The summed E-state index contributed by atoms with van der Waals surface area (Å²) < 4.78 is 21.0. The van der Waals surface area contributed by atoms with Crippen LogP contribution in [0.25, 0.3) is 11.0 Å². The first-order valence-electron chi connectivity index (χ1n) is 6.56. The van der Waals surface area contributed by atoms with Crippen LogP contribution >= 0.6 is 0 Å². The molecular weight excluding hydrogens is 257 g/mol. The Morgan fingerprint density at radius 1 is 1.45 bits per heavy atom. The second-order valence-electron chi connectivity index (χ2n) is 4.84. The lowest BCUT2D eigenvalue weighted by atomic mass is 10.0. The molecule has 1 aromatic carbocycles. The summed E-state index contributed by atoms with van der Waals surface area (Å²) in [7, 11) is 1.85. The van der Waals surface area contributed by atoms with E-state index in [1.165, 1.54) is 6.07 Å². The van der Waals surface area contributed by atoms with Gasteiger partial charge in [-0.15, -0.1) is 0 Å². The quantitative estimate of drug-likeness (QED) is 0.798. The minimum Gasteiger partial charge on any atom is -0.456 e. The first-order chi connectivity index (χ1) is 9.60. The molecule has 0 saturated heterocycles. The average Bonchev–Trinajstić information content (AvgIpc) is 3.02. The first kappa shape index (κ1) is 12.9. The van der Waals surface area contributed by atoms with E-state index in [0.29, 0.717) is 5.76 Å². The standard InChI is InChI=1S/C15H16FN3O/c1-3-12-10(8-19(2)18-12)14(17)13-7-9-5-4-6-11(16)15(9)20-13/h4-8,14H,3,17H2,1-2H3. The third-order valence-electron chi connectivity index (χ3n) is 3.43. The van der Waals surface area contributed by atoms with Gasteiger partial charge in [0.1, 0.15) is 5.76 Å². The van der Waals surface area contributed by atoms with Crippen LogP contribution in [0.1, 0.15) is 30.0 Å². The van der Waals surface area contributed by atoms with E-state index >= 15 is 0 Å². The van der Waals surface area contributed by atoms with Gasteiger partial charge in [0, 0.05) is 24.2 Å². The van der Waals surface area contributed by atoms with E-state index in [1.54, 1.807) is 16.8 Å². The number of aromatic nitrogens is 2. The lowest BCUT2D eigenvalue weighted by Gasteiger charge is -2.07. The van der Waals surface area contributed by atoms with Gasteiger partial charge in [-0.2, -0.15) is 5.10 Å². The van der Waals surface area contributed by atoms with Crippen LogP contribution in [0.2, 0.25) is 0 Å². The van der Waals surface area contributed by atoms with Gasteiger partial charge in [0.2, 0.25) is 0 Å². The summed E-state index contributed by atoms with van der Waals surface area (Å²) in [5, 5.41) is 5.09. The van der Waals surface area contributed by atoms with Crippen molar-refractivity contribution in [3.8, 4) is 0 Å². The Bertz CT molecular complexity index is 760. The summed E-state index contributed by atoms with van der Waals surface area (Å²) in [6, 6.07) is 6.19. The molecule has 0 fully saturated rings. The molecule has 0 aliphatic rings. The molecule has 1 atom stereocenters. The van der Waals surface area contributed by atoms with Crippen molar-refractivity contribution >= 4 is 11.0 Å². The Hall–Kier alpha value is -2.14. The summed E-state index contributed by atoms with van der Waals surface area (Å²) in [4.78, 5) is 0. The van der Waals surface area contributed by atoms with Crippen LogP contribution in [0.3, 0.4) is 0 Å². The minimum absolute atomic E-state index is 0.250. The number of nitrogens with two attached hydrogens (primary N) is 1. The normalized spacial score (nSPS) is 13.0. The smallest absolute Gasteiger partial charge is 0.169 e. The topological polar surface area (TPSA) is 57.0 Å². The number of furan rings is 1. The molecule has 0 spiro atoms. The highest BCUT2D eigenvalue weighted by molar-refractivity contribution is 5.78. The van der Waals surface area contributed by atoms with Crippen molar-refractivity contribution in [3.63, 3.8) is 0 Å². The van der Waals surface area contributed by atoms with Crippen LogP contribution in [0.15, 0.2) is 34.9 Å². The molecule has 104 valence electrons. The van der Waals surface area contributed by atoms with Crippen molar-refractivity contribution in [2.45, 2.75) is 19.4 Å². The van der Waals surface area contributed by atoms with Gasteiger partial charge < -0.3 is 10.2 Å². The SMILES string of the molecule is CCc1nn(C)cc1C(N)c1cc2cccc(F)c2o1. The molecule has 5 heteroatoms. The highest BCUT2D eigenvalue weighted by Crippen LogP contribution is 2.29. The van der Waals surface area contributed by atoms with Crippen molar-refractivity contribution in [1.82, 2.24) is 9.78 Å². The Morgan fingerprint density at radius 2 is 2.25 bits per heavy atom. The van der Waals surface area contributed by atoms with Crippen molar-refractivity contribution in [2.75, 3.05) is 0 Å². The lowest BCUT2D eigenvalue weighted by Crippen LogP contribution is -2.12. The van der Waals surface area contributed by atoms with Gasteiger partial charge in [0.05, 0.1) is 11.7 Å². The van der Waals surface area contributed by atoms with E-state index in [0.717, 1.165) is 23.1 Å². The van der Waals surface area contributed by atoms with E-state index in [2.05, 4.69) is 5.10 Å². The average molecular weight is 273 g/mol. The van der Waals surface area contributed by atoms with E-state index in [1.807, 2.05) is 26.2 Å². The fourth-order valence-electron chi connectivity index (χ4n) is 2.44. The summed E-state index contributed by atoms with van der Waals surface area (Å²) in [5.74, 6) is 0.177. The zero-order valence-electron chi connectivity index (χ0n) is 11.4. The molecule has 0 aliphatic heterocycles. The fraction of sp³-hybridized carbons (Fsp3) is 0.267. The number of hydrogen-bond donors (Lipinski definition) is 1. The highest BCUT2D eigenvalue weighted by Gasteiger charge is 2.20. The molecule has 20 heavy (non-hydrogen) atoms. The molecule has 2 N–H and O–H groups in total. The number of hydrogen-bond acceptors (Lipinski definition) is 3. The van der Waals surface area contributed by atoms with Crippen molar-refractivity contribution in [1.29, 1.82) is 0 Å². The van der Waals surface area contributed by atoms with E-state index in [-0.39, 0.29) is 11.4 Å². The Morgan fingerprint density at radius 3 is 2.95 bits per heavy atom. The largest absolute Gasteiger partial charge is 0.456 e. The third-order valence-corrected chi connectivity index (χ3v) is 3.43. The molecule has 2 aromatic heterocycles. The first-order valence-corrected chi connectivity index (χ1v) is 6.56. The Kier molecular flexibility index (Phi) is 3.06. The van der Waals surface area contributed by atoms with Crippen LogP contribution in [-0.4, -0.2) is 9.78 Å². The molecule has 0 saturated carbocycles. The molecule has 0 radical (unpaired) electrons. The molecule has 4 nitrogen and oxygen atoms in total. The summed E-state index contributed by atoms with van der Waals surface area (Å²) in [5.41, 5.74) is 8.34. The number of rotatable bonds is 3. The van der Waals surface area contributed by atoms with Gasteiger partial charge in [0.15, 0.2) is 11.4 Å². The lowest BCUT2D eigenvalue weighted by molar-refractivity contribution is 0.501. The number of fused-ring (bicyclic) bond motifs is 1. The zero-order chi connectivity index (χ0) is 14.3. The number of benzene rings is 1. The number of aryl methyl sites for hydroxylation is 2. The van der Waals surface area contributed by atoms with Gasteiger partial charge in [-0.05, 0) is 18.6 Å². The van der Waals surface area contributed by atoms with Gasteiger partial charge in [-0.3, -0.25) is 4.68 Å². The maximum atomic E-state index is 13.7. The molecule has 0 amide bonds. The summed E-state index contributed by atoms with van der Waals surface area (Å²) in [6.07, 6.45) is 2.67. The van der Waals surface area contributed by atoms with E-state index in [9.17, 15) is 4.39 Å². The molecular formula is C15H16FN3O. The molecule has 0 aliphatic carbocycles. The predicted octanol–water partition coefficient (Wildman–Crippen LogP) is 2.92. The van der Waals surface area contributed by atoms with Crippen LogP contribution in [0, 0.1) is 5.82 Å². The van der Waals surface area contributed by atoms with Crippen LogP contribution in [0.5, 0.6) is 0 Å². The molecule has 3 rings (SSSR count). The van der Waals surface area contributed by atoms with E-state index in [4.69, 9.17) is 10.2 Å². The summed E-state index contributed by atoms with van der Waals surface area (Å²) in [6.45, 7) is 2.02. The predicted molar refractivity (Wildman–Crippen MR) is 74.8 cm³/mol. The summed E-state index contributed by atoms with van der Waals surface area (Å²) >= 11 is 0. The molecule has 1 unspecified atom stereocenters. The molecule has 2 heterocycles. The Labute approximate surface area is 116 Å². The number of nitrogens with zero attached hydrogens (tertiary/aromatic N) is 2. The maximum Gasteiger partial charge on any atom is 0.169 e.